The minimum atomic E-state index is -2.79. The van der Waals surface area contributed by atoms with E-state index in [-0.39, 0.29) is 23.0 Å². The van der Waals surface area contributed by atoms with Crippen molar-refractivity contribution >= 4 is 0 Å². The molecular weight excluding hydrogens is 492 g/mol. The van der Waals surface area contributed by atoms with Crippen LogP contribution in [0.1, 0.15) is 0 Å². The Morgan fingerprint density at radius 1 is 0.750 bits per heavy atom. The zero-order chi connectivity index (χ0) is 26.8. The highest BCUT2D eigenvalue weighted by Crippen LogP contribution is 2.44. The van der Waals surface area contributed by atoms with Crippen molar-refractivity contribution in [1.29, 1.82) is 0 Å². The Bertz CT molecular complexity index is 841. The average molecular weight is 524 g/mol. The van der Waals surface area contributed by atoms with Gasteiger partial charge in [-0.25, -0.2) is 0 Å². The van der Waals surface area contributed by atoms with Crippen LogP contribution in [0.2, 0.25) is 0 Å². The molecule has 2 fully saturated rings. The normalized spacial score (nSPS) is 38.9. The van der Waals surface area contributed by atoms with Gasteiger partial charge in [-0.1, -0.05) is 0 Å². The van der Waals surface area contributed by atoms with Gasteiger partial charge in [0.1, 0.15) is 48.5 Å². The lowest BCUT2D eigenvalue weighted by atomic mass is 9.96. The quantitative estimate of drug-likeness (QED) is 0.144. The van der Waals surface area contributed by atoms with E-state index in [0.717, 1.165) is 0 Å². The van der Waals surface area contributed by atoms with Gasteiger partial charge in [0, 0.05) is 12.1 Å². The van der Waals surface area contributed by atoms with Gasteiger partial charge in [-0.3, -0.25) is 4.74 Å². The second-order valence-corrected chi connectivity index (χ2v) is 8.15. The van der Waals surface area contributed by atoms with Crippen LogP contribution in [0.25, 0.3) is 0 Å². The summed E-state index contributed by atoms with van der Waals surface area (Å²) in [4.78, 5) is 0. The molecule has 2 saturated heterocycles. The monoisotopic (exact) mass is 524 g/mol. The summed E-state index contributed by atoms with van der Waals surface area (Å²) < 4.78 is 38.0. The van der Waals surface area contributed by atoms with E-state index in [0.29, 0.717) is 0 Å². The Morgan fingerprint density at radius 3 is 1.81 bits per heavy atom. The van der Waals surface area contributed by atoms with Crippen molar-refractivity contribution in [1.82, 2.24) is 0 Å². The van der Waals surface area contributed by atoms with Crippen LogP contribution < -0.4 is 18.9 Å². The molecule has 15 nitrogen and oxygen atoms in total. The molecule has 3 rings (SSSR count). The van der Waals surface area contributed by atoms with E-state index in [1.165, 1.54) is 33.5 Å². The van der Waals surface area contributed by atoms with Crippen LogP contribution in [0.4, 0.5) is 0 Å². The number of rotatable bonds is 9. The second-order valence-electron chi connectivity index (χ2n) is 8.15. The van der Waals surface area contributed by atoms with Crippen LogP contribution in [0.3, 0.4) is 0 Å². The van der Waals surface area contributed by atoms with Gasteiger partial charge in [0.2, 0.25) is 5.75 Å². The van der Waals surface area contributed by atoms with Crippen molar-refractivity contribution in [2.45, 2.75) is 61.1 Å². The first-order valence-electron chi connectivity index (χ1n) is 10.9. The molecule has 2 aliphatic rings. The molecule has 15 heteroatoms. The summed E-state index contributed by atoms with van der Waals surface area (Å²) >= 11 is 0. The highest BCUT2D eigenvalue weighted by molar-refractivity contribution is 5.56. The lowest BCUT2D eigenvalue weighted by molar-refractivity contribution is -0.478. The Morgan fingerprint density at radius 2 is 1.31 bits per heavy atom. The molecule has 8 N–H and O–H groups in total. The van der Waals surface area contributed by atoms with E-state index in [1.807, 2.05) is 0 Å². The van der Waals surface area contributed by atoms with Crippen molar-refractivity contribution in [2.24, 2.45) is 0 Å². The first kappa shape index (κ1) is 28.5. The third-order valence-corrected chi connectivity index (χ3v) is 5.94. The highest BCUT2D eigenvalue weighted by atomic mass is 16.9. The Labute approximate surface area is 205 Å². The van der Waals surface area contributed by atoms with Crippen molar-refractivity contribution in [3.63, 3.8) is 0 Å². The fraction of sp³-hybridized carbons (Fsp3) is 0.714. The first-order valence-corrected chi connectivity index (χ1v) is 10.9. The number of aliphatic hydroxyl groups excluding tert-OH is 8. The molecule has 36 heavy (non-hydrogen) atoms. The van der Waals surface area contributed by atoms with Gasteiger partial charge in [0.25, 0.3) is 0 Å². The maximum Gasteiger partial charge on any atom is 0.360 e. The summed E-state index contributed by atoms with van der Waals surface area (Å²) in [6, 6.07) is 2.56. The minimum Gasteiger partial charge on any atom is -0.493 e. The van der Waals surface area contributed by atoms with E-state index in [4.69, 9.17) is 33.2 Å². The van der Waals surface area contributed by atoms with Gasteiger partial charge in [-0.2, -0.15) is 0 Å². The lowest BCUT2D eigenvalue weighted by Gasteiger charge is -2.49. The van der Waals surface area contributed by atoms with Gasteiger partial charge < -0.3 is 69.3 Å². The molecule has 1 aromatic rings. The molecule has 1 aromatic carbocycles. The summed E-state index contributed by atoms with van der Waals surface area (Å²) in [6.07, 6.45) is -16.3. The molecule has 0 amide bonds. The van der Waals surface area contributed by atoms with Crippen LogP contribution >= 0.6 is 0 Å². The number of hydrogen-bond acceptors (Lipinski definition) is 15. The van der Waals surface area contributed by atoms with Crippen LogP contribution in [-0.2, 0) is 14.2 Å². The third-order valence-electron chi connectivity index (χ3n) is 5.94. The molecule has 2 heterocycles. The number of aliphatic hydroxyl groups is 8. The van der Waals surface area contributed by atoms with Crippen LogP contribution in [-0.4, -0.2) is 136 Å². The van der Waals surface area contributed by atoms with Gasteiger partial charge in [0.05, 0.1) is 34.5 Å². The molecule has 2 aliphatic heterocycles. The molecule has 0 spiro atoms. The smallest absolute Gasteiger partial charge is 0.360 e. The molecule has 206 valence electrons. The number of hydrogen-bond donors (Lipinski definition) is 8. The van der Waals surface area contributed by atoms with Crippen LogP contribution in [0.15, 0.2) is 12.1 Å². The minimum absolute atomic E-state index is 0.111. The Balaban J connectivity index is 2.06. The van der Waals surface area contributed by atoms with Crippen LogP contribution in [0, 0.1) is 0 Å². The summed E-state index contributed by atoms with van der Waals surface area (Å²) in [6.45, 7) is -1.64. The van der Waals surface area contributed by atoms with E-state index in [2.05, 4.69) is 0 Å². The maximum atomic E-state index is 10.9. The SMILES string of the molecule is COc1cc(O[C@]2(O[C@H]3O[C@H](CO)[C@@H](O)[C@H](O)[C@H]3O)O[C@H](CO)[C@@H](O)[C@H](O)[C@H]2O)cc(OC)c1OC. The molecule has 0 aromatic heterocycles. The van der Waals surface area contributed by atoms with Crippen molar-refractivity contribution in [2.75, 3.05) is 34.5 Å². The Hall–Kier alpha value is -2.02. The van der Waals surface area contributed by atoms with E-state index in [1.54, 1.807) is 0 Å². The van der Waals surface area contributed by atoms with Gasteiger partial charge >= 0.3 is 5.97 Å². The zero-order valence-corrected chi connectivity index (χ0v) is 19.7. The zero-order valence-electron chi connectivity index (χ0n) is 19.7. The molecular formula is C21H32O15. The predicted octanol–water partition coefficient (Wildman–Crippen LogP) is -3.96. The molecule has 0 saturated carbocycles. The van der Waals surface area contributed by atoms with E-state index >= 15 is 0 Å². The average Bonchev–Trinajstić information content (AvgIpc) is 2.89. The fourth-order valence-corrected chi connectivity index (χ4v) is 3.92. The predicted molar refractivity (Wildman–Crippen MR) is 114 cm³/mol. The highest BCUT2D eigenvalue weighted by Gasteiger charge is 2.60. The molecule has 0 radical (unpaired) electrons. The summed E-state index contributed by atoms with van der Waals surface area (Å²) in [5.74, 6) is -2.54. The summed E-state index contributed by atoms with van der Waals surface area (Å²) in [5, 5.41) is 81.3. The molecule has 10 atom stereocenters. The molecule has 0 bridgehead atoms. The largest absolute Gasteiger partial charge is 0.493 e. The maximum absolute atomic E-state index is 10.9. The standard InChI is InChI=1S/C21H32O15/c1-30-9-4-8(5-10(31-2)18(9)32-3)34-21(19(29)16(27)14(25)12(7-23)35-21)36-20-17(28)15(26)13(24)11(6-22)33-20/h4-5,11-17,19-20,22-29H,6-7H2,1-3H3/t11-,12-,13-,14-,15+,16+,17-,19-,20-,21+/m1/s1. The topological polar surface area (TPSA) is 226 Å². The lowest BCUT2D eigenvalue weighted by Crippen LogP contribution is -2.71. The van der Waals surface area contributed by atoms with Crippen molar-refractivity contribution < 1.29 is 74.0 Å². The summed E-state index contributed by atoms with van der Waals surface area (Å²) in [5.41, 5.74) is 0. The molecule has 0 unspecified atom stereocenters. The number of benzene rings is 1. The van der Waals surface area contributed by atoms with E-state index < -0.39 is 74.3 Å². The third kappa shape index (κ3) is 5.18. The number of ether oxygens (including phenoxy) is 7. The Kier molecular flexibility index (Phi) is 9.18. The van der Waals surface area contributed by atoms with Gasteiger partial charge in [0.15, 0.2) is 23.9 Å². The fourth-order valence-electron chi connectivity index (χ4n) is 3.92. The van der Waals surface area contributed by atoms with Gasteiger partial charge in [-0.15, -0.1) is 0 Å². The summed E-state index contributed by atoms with van der Waals surface area (Å²) in [7, 11) is 4.02. The number of methoxy groups -OCH3 is 3. The van der Waals surface area contributed by atoms with Crippen LogP contribution in [0.5, 0.6) is 23.0 Å². The van der Waals surface area contributed by atoms with Gasteiger partial charge in [-0.05, 0) is 0 Å². The van der Waals surface area contributed by atoms with Crippen molar-refractivity contribution in [3.8, 4) is 23.0 Å². The van der Waals surface area contributed by atoms with Crippen molar-refractivity contribution in [3.05, 3.63) is 12.1 Å². The first-order chi connectivity index (χ1) is 17.1. The van der Waals surface area contributed by atoms with E-state index in [9.17, 15) is 40.9 Å². The second kappa shape index (κ2) is 11.6. The molecule has 0 aliphatic carbocycles.